The minimum Gasteiger partial charge on any atom is -0.443 e. The maximum Gasteiger partial charge on any atom is 0.419 e. The van der Waals surface area contributed by atoms with Crippen LogP contribution in [0.15, 0.2) is 54.6 Å². The molecule has 1 aromatic heterocycles. The number of para-hydroxylation sites is 1. The van der Waals surface area contributed by atoms with E-state index in [-0.39, 0.29) is 11.9 Å². The number of aliphatic hydroxyl groups excluding tert-OH is 1. The van der Waals surface area contributed by atoms with Crippen molar-refractivity contribution in [3.05, 3.63) is 71.4 Å². The van der Waals surface area contributed by atoms with Crippen molar-refractivity contribution in [1.82, 2.24) is 9.47 Å². The van der Waals surface area contributed by atoms with Gasteiger partial charge in [-0.2, -0.15) is 0 Å². The highest BCUT2D eigenvalue weighted by molar-refractivity contribution is 5.95. The van der Waals surface area contributed by atoms with Gasteiger partial charge in [-0.25, -0.2) is 9.36 Å². The Hall–Kier alpha value is -3.12. The first-order valence-electron chi connectivity index (χ1n) is 12.5. The first-order chi connectivity index (χ1) is 16.6. The second kappa shape index (κ2) is 9.86. The Morgan fingerprint density at radius 2 is 1.77 bits per heavy atom. The minimum atomic E-state index is -1.26. The number of aliphatic hydroxyl groups is 1. The summed E-state index contributed by atoms with van der Waals surface area (Å²) >= 11 is 0. The average molecular weight is 477 g/mol. The van der Waals surface area contributed by atoms with Crippen molar-refractivity contribution in [3.8, 4) is 0 Å². The zero-order valence-electron chi connectivity index (χ0n) is 21.3. The maximum atomic E-state index is 13.7. The Kier molecular flexibility index (Phi) is 7.04. The lowest BCUT2D eigenvalue weighted by Gasteiger charge is -2.36. The third-order valence-corrected chi connectivity index (χ3v) is 6.82. The topological polar surface area (TPSA) is 71.8 Å². The SMILES string of the molecule is CCC[C@@H]1c2c(c3ccccc3n2C(=O)OC(C)(C)C)CCN([C@@H](C)c2ccccc2)C(=O)[C@H]1O. The molecule has 186 valence electrons. The van der Waals surface area contributed by atoms with E-state index < -0.39 is 23.7 Å². The first kappa shape index (κ1) is 25.0. The molecule has 0 saturated heterocycles. The van der Waals surface area contributed by atoms with E-state index in [0.717, 1.165) is 28.5 Å². The van der Waals surface area contributed by atoms with Crippen LogP contribution >= 0.6 is 0 Å². The number of amides is 1. The molecule has 1 aliphatic heterocycles. The van der Waals surface area contributed by atoms with Crippen LogP contribution in [0.1, 0.15) is 76.2 Å². The van der Waals surface area contributed by atoms with Crippen molar-refractivity contribution in [2.24, 2.45) is 0 Å². The van der Waals surface area contributed by atoms with Crippen molar-refractivity contribution in [2.45, 2.75) is 77.5 Å². The van der Waals surface area contributed by atoms with Crippen LogP contribution in [-0.4, -0.2) is 44.8 Å². The number of rotatable bonds is 4. The van der Waals surface area contributed by atoms with Crippen LogP contribution < -0.4 is 0 Å². The number of nitrogens with zero attached hydrogens (tertiary/aromatic N) is 2. The molecule has 1 amide bonds. The van der Waals surface area contributed by atoms with Crippen molar-refractivity contribution >= 4 is 22.9 Å². The molecule has 1 N–H and O–H groups in total. The molecule has 35 heavy (non-hydrogen) atoms. The van der Waals surface area contributed by atoms with Gasteiger partial charge >= 0.3 is 6.09 Å². The molecule has 0 spiro atoms. The Bertz CT molecular complexity index is 1210. The van der Waals surface area contributed by atoms with Crippen molar-refractivity contribution < 1.29 is 19.4 Å². The highest BCUT2D eigenvalue weighted by Gasteiger charge is 2.40. The van der Waals surface area contributed by atoms with Crippen LogP contribution in [-0.2, 0) is 16.0 Å². The minimum absolute atomic E-state index is 0.179. The Morgan fingerprint density at radius 1 is 1.11 bits per heavy atom. The summed E-state index contributed by atoms with van der Waals surface area (Å²) in [5.74, 6) is -0.820. The fourth-order valence-electron chi connectivity index (χ4n) is 5.22. The number of aromatic nitrogens is 1. The largest absolute Gasteiger partial charge is 0.443 e. The number of ether oxygens (including phenoxy) is 1. The highest BCUT2D eigenvalue weighted by atomic mass is 16.6. The molecule has 2 heterocycles. The fourth-order valence-corrected chi connectivity index (χ4v) is 5.22. The summed E-state index contributed by atoms with van der Waals surface area (Å²) in [6.45, 7) is 9.99. The van der Waals surface area contributed by atoms with Gasteiger partial charge in [0, 0.05) is 23.5 Å². The molecule has 6 heteroatoms. The van der Waals surface area contributed by atoms with Gasteiger partial charge in [-0.3, -0.25) is 4.79 Å². The first-order valence-corrected chi connectivity index (χ1v) is 12.5. The maximum absolute atomic E-state index is 13.7. The van der Waals surface area contributed by atoms with E-state index in [1.54, 1.807) is 9.47 Å². The van der Waals surface area contributed by atoms with Gasteiger partial charge in [0.2, 0.25) is 0 Å². The summed E-state index contributed by atoms with van der Waals surface area (Å²) in [5.41, 5.74) is 2.80. The fraction of sp³-hybridized carbons (Fsp3) is 0.448. The van der Waals surface area contributed by atoms with E-state index in [2.05, 4.69) is 0 Å². The molecule has 0 fully saturated rings. The van der Waals surface area contributed by atoms with Gasteiger partial charge < -0.3 is 14.7 Å². The normalized spacial score (nSPS) is 19.7. The second-order valence-electron chi connectivity index (χ2n) is 10.4. The summed E-state index contributed by atoms with van der Waals surface area (Å²) in [5, 5.41) is 12.5. The number of fused-ring (bicyclic) bond motifs is 3. The van der Waals surface area contributed by atoms with Crippen LogP contribution in [0.5, 0.6) is 0 Å². The molecular formula is C29H36N2O4. The summed E-state index contributed by atoms with van der Waals surface area (Å²) in [7, 11) is 0. The van der Waals surface area contributed by atoms with Gasteiger partial charge in [-0.1, -0.05) is 61.9 Å². The van der Waals surface area contributed by atoms with E-state index in [4.69, 9.17) is 4.74 Å². The molecule has 3 atom stereocenters. The summed E-state index contributed by atoms with van der Waals surface area (Å²) in [6.07, 6.45) is 0.184. The van der Waals surface area contributed by atoms with Crippen LogP contribution in [0.3, 0.4) is 0 Å². The standard InChI is InChI=1S/C29H36N2O4/c1-6-12-23-25-22(21-15-10-11-16-24(21)31(25)28(34)35-29(3,4)5)17-18-30(27(33)26(23)32)19(2)20-13-8-7-9-14-20/h7-11,13-16,19,23,26,32H,6,12,17-18H2,1-5H3/t19-,23+,26-/m0/s1. The lowest BCUT2D eigenvalue weighted by molar-refractivity contribution is -0.144. The lowest BCUT2D eigenvalue weighted by atomic mass is 9.86. The van der Waals surface area contributed by atoms with Crippen molar-refractivity contribution in [3.63, 3.8) is 0 Å². The van der Waals surface area contributed by atoms with Gasteiger partial charge in [-0.05, 0) is 57.7 Å². The molecule has 0 saturated carbocycles. The predicted octanol–water partition coefficient (Wildman–Crippen LogP) is 5.82. The predicted molar refractivity (Wildman–Crippen MR) is 137 cm³/mol. The number of hydrogen-bond acceptors (Lipinski definition) is 4. The third-order valence-electron chi connectivity index (χ3n) is 6.82. The smallest absolute Gasteiger partial charge is 0.419 e. The van der Waals surface area contributed by atoms with Gasteiger partial charge in [0.25, 0.3) is 5.91 Å². The van der Waals surface area contributed by atoms with Gasteiger partial charge in [0.05, 0.1) is 11.6 Å². The molecule has 0 unspecified atom stereocenters. The quantitative estimate of drug-likeness (QED) is 0.515. The average Bonchev–Trinajstić information content (AvgIpc) is 3.14. The molecule has 0 aliphatic carbocycles. The van der Waals surface area contributed by atoms with Crippen molar-refractivity contribution in [1.29, 1.82) is 0 Å². The number of benzene rings is 2. The van der Waals surface area contributed by atoms with Crippen LogP contribution in [0.25, 0.3) is 10.9 Å². The molecular weight excluding hydrogens is 440 g/mol. The monoisotopic (exact) mass is 476 g/mol. The van der Waals surface area contributed by atoms with Crippen LogP contribution in [0, 0.1) is 0 Å². The van der Waals surface area contributed by atoms with E-state index in [9.17, 15) is 14.7 Å². The Labute approximate surface area is 207 Å². The lowest BCUT2D eigenvalue weighted by Crippen LogP contribution is -2.46. The Balaban J connectivity index is 1.88. The zero-order valence-corrected chi connectivity index (χ0v) is 21.3. The number of hydrogen-bond donors (Lipinski definition) is 1. The van der Waals surface area contributed by atoms with Crippen molar-refractivity contribution in [2.75, 3.05) is 6.54 Å². The summed E-state index contributed by atoms with van der Waals surface area (Å²) in [4.78, 5) is 28.9. The molecule has 0 bridgehead atoms. The summed E-state index contributed by atoms with van der Waals surface area (Å²) in [6, 6.07) is 17.5. The molecule has 6 nitrogen and oxygen atoms in total. The van der Waals surface area contributed by atoms with E-state index >= 15 is 0 Å². The highest BCUT2D eigenvalue weighted by Crippen LogP contribution is 2.39. The van der Waals surface area contributed by atoms with E-state index in [1.165, 1.54) is 0 Å². The molecule has 2 aromatic carbocycles. The van der Waals surface area contributed by atoms with Crippen LogP contribution in [0.4, 0.5) is 4.79 Å². The second-order valence-corrected chi connectivity index (χ2v) is 10.4. The third kappa shape index (κ3) is 4.85. The number of carbonyl (C=O) groups excluding carboxylic acids is 2. The molecule has 0 radical (unpaired) electrons. The van der Waals surface area contributed by atoms with Gasteiger partial charge in [-0.15, -0.1) is 0 Å². The van der Waals surface area contributed by atoms with Crippen LogP contribution in [0.2, 0.25) is 0 Å². The molecule has 1 aliphatic rings. The molecule has 4 rings (SSSR count). The Morgan fingerprint density at radius 3 is 2.43 bits per heavy atom. The zero-order chi connectivity index (χ0) is 25.3. The van der Waals surface area contributed by atoms with E-state index in [0.29, 0.717) is 25.1 Å². The number of carbonyl (C=O) groups is 2. The van der Waals surface area contributed by atoms with E-state index in [1.807, 2.05) is 89.2 Å². The molecule has 3 aromatic rings. The van der Waals surface area contributed by atoms with Gasteiger partial charge in [0.15, 0.2) is 0 Å². The summed E-state index contributed by atoms with van der Waals surface area (Å²) < 4.78 is 7.38. The van der Waals surface area contributed by atoms with Gasteiger partial charge in [0.1, 0.15) is 11.7 Å².